The first kappa shape index (κ1) is 17.8. The third kappa shape index (κ3) is 5.26. The van der Waals surface area contributed by atoms with Gasteiger partial charge < -0.3 is 20.3 Å². The van der Waals surface area contributed by atoms with Gasteiger partial charge in [-0.25, -0.2) is 0 Å². The van der Waals surface area contributed by atoms with E-state index in [1.54, 1.807) is 29.2 Å². The van der Waals surface area contributed by atoms with Crippen LogP contribution in [0, 0.1) is 0 Å². The molecule has 0 aromatic heterocycles. The van der Waals surface area contributed by atoms with Gasteiger partial charge in [0.05, 0.1) is 19.7 Å². The molecule has 0 aliphatic carbocycles. The van der Waals surface area contributed by atoms with E-state index in [4.69, 9.17) is 4.74 Å². The lowest BCUT2D eigenvalue weighted by atomic mass is 10.2. The topological polar surface area (TPSA) is 87.7 Å². The summed E-state index contributed by atoms with van der Waals surface area (Å²) in [6.45, 7) is 3.75. The highest BCUT2D eigenvalue weighted by Crippen LogP contribution is 2.11. The number of rotatable bonds is 7. The molecule has 2 rings (SSSR count). The molecule has 1 aliphatic heterocycles. The number of hydrogen-bond acceptors (Lipinski definition) is 4. The Morgan fingerprint density at radius 2 is 1.71 bits per heavy atom. The summed E-state index contributed by atoms with van der Waals surface area (Å²) < 4.78 is 5.30. The van der Waals surface area contributed by atoms with Crippen molar-refractivity contribution in [3.63, 3.8) is 0 Å². The molecular formula is C17H23N3O4. The SMILES string of the molecule is CCOc1ccc(C(=O)NCC(=O)NCC(=O)N2CCCC2)cc1. The summed E-state index contributed by atoms with van der Waals surface area (Å²) >= 11 is 0. The van der Waals surface area contributed by atoms with E-state index < -0.39 is 0 Å². The van der Waals surface area contributed by atoms with Crippen LogP contribution in [0.4, 0.5) is 0 Å². The van der Waals surface area contributed by atoms with E-state index in [2.05, 4.69) is 10.6 Å². The maximum atomic E-state index is 12.0. The standard InChI is InChI=1S/C17H23N3O4/c1-2-24-14-7-5-13(6-8-14)17(23)19-11-15(21)18-12-16(22)20-9-3-4-10-20/h5-8H,2-4,9-12H2,1H3,(H,18,21)(H,19,23). The summed E-state index contributed by atoms with van der Waals surface area (Å²) in [5, 5.41) is 5.05. The van der Waals surface area contributed by atoms with E-state index in [1.807, 2.05) is 6.92 Å². The Labute approximate surface area is 141 Å². The van der Waals surface area contributed by atoms with Gasteiger partial charge in [-0.05, 0) is 44.0 Å². The molecule has 1 heterocycles. The number of carbonyl (C=O) groups excluding carboxylic acids is 3. The number of carbonyl (C=O) groups is 3. The van der Waals surface area contributed by atoms with Gasteiger partial charge in [-0.3, -0.25) is 14.4 Å². The van der Waals surface area contributed by atoms with Crippen molar-refractivity contribution in [3.05, 3.63) is 29.8 Å². The summed E-state index contributed by atoms with van der Waals surface area (Å²) in [4.78, 5) is 37.2. The molecule has 24 heavy (non-hydrogen) atoms. The second-order valence-corrected chi connectivity index (χ2v) is 5.50. The first-order valence-electron chi connectivity index (χ1n) is 8.15. The normalized spacial score (nSPS) is 13.5. The highest BCUT2D eigenvalue weighted by molar-refractivity contribution is 5.96. The highest BCUT2D eigenvalue weighted by Gasteiger charge is 2.18. The Hall–Kier alpha value is -2.57. The summed E-state index contributed by atoms with van der Waals surface area (Å²) in [6.07, 6.45) is 2.02. The number of hydrogen-bond donors (Lipinski definition) is 2. The van der Waals surface area contributed by atoms with Crippen molar-refractivity contribution in [1.82, 2.24) is 15.5 Å². The first-order chi connectivity index (χ1) is 11.6. The van der Waals surface area contributed by atoms with Crippen LogP contribution in [-0.4, -0.2) is 55.4 Å². The van der Waals surface area contributed by atoms with Crippen LogP contribution in [-0.2, 0) is 9.59 Å². The molecule has 1 aliphatic rings. The first-order valence-corrected chi connectivity index (χ1v) is 8.15. The minimum atomic E-state index is -0.387. The van der Waals surface area contributed by atoms with Crippen molar-refractivity contribution < 1.29 is 19.1 Å². The van der Waals surface area contributed by atoms with Crippen LogP contribution in [0.1, 0.15) is 30.1 Å². The Balaban J connectivity index is 1.70. The Morgan fingerprint density at radius 3 is 2.33 bits per heavy atom. The minimum absolute atomic E-state index is 0.0300. The maximum Gasteiger partial charge on any atom is 0.251 e. The van der Waals surface area contributed by atoms with Crippen molar-refractivity contribution >= 4 is 17.7 Å². The zero-order valence-electron chi connectivity index (χ0n) is 13.8. The van der Waals surface area contributed by atoms with Crippen LogP contribution in [0.3, 0.4) is 0 Å². The number of amides is 3. The summed E-state index contributed by atoms with van der Waals surface area (Å²) in [5.74, 6) is -0.133. The van der Waals surface area contributed by atoms with Gasteiger partial charge in [0, 0.05) is 18.7 Å². The zero-order chi connectivity index (χ0) is 17.4. The Kier molecular flexibility index (Phi) is 6.60. The Bertz CT molecular complexity index is 580. The molecule has 0 saturated carbocycles. The maximum absolute atomic E-state index is 12.0. The van der Waals surface area contributed by atoms with Gasteiger partial charge in [-0.15, -0.1) is 0 Å². The second kappa shape index (κ2) is 8.90. The van der Waals surface area contributed by atoms with E-state index in [-0.39, 0.29) is 30.8 Å². The fraction of sp³-hybridized carbons (Fsp3) is 0.471. The zero-order valence-corrected chi connectivity index (χ0v) is 13.8. The fourth-order valence-electron chi connectivity index (χ4n) is 2.45. The van der Waals surface area contributed by atoms with Crippen molar-refractivity contribution in [2.75, 3.05) is 32.8 Å². The van der Waals surface area contributed by atoms with Gasteiger partial charge in [0.25, 0.3) is 5.91 Å². The van der Waals surface area contributed by atoms with Gasteiger partial charge >= 0.3 is 0 Å². The van der Waals surface area contributed by atoms with Gasteiger partial charge in [0.1, 0.15) is 5.75 Å². The number of nitrogens with one attached hydrogen (secondary N) is 2. The average Bonchev–Trinajstić information content (AvgIpc) is 3.13. The van der Waals surface area contributed by atoms with Crippen molar-refractivity contribution in [1.29, 1.82) is 0 Å². The molecule has 0 unspecified atom stereocenters. The second-order valence-electron chi connectivity index (χ2n) is 5.50. The van der Waals surface area contributed by atoms with Gasteiger partial charge in [-0.1, -0.05) is 0 Å². The summed E-state index contributed by atoms with van der Waals surface area (Å²) in [5.41, 5.74) is 0.444. The van der Waals surface area contributed by atoms with Crippen LogP contribution in [0.2, 0.25) is 0 Å². The van der Waals surface area contributed by atoms with Gasteiger partial charge in [0.2, 0.25) is 11.8 Å². The molecule has 7 heteroatoms. The molecule has 0 radical (unpaired) electrons. The van der Waals surface area contributed by atoms with E-state index >= 15 is 0 Å². The molecule has 3 amide bonds. The third-order valence-electron chi connectivity index (χ3n) is 3.73. The quantitative estimate of drug-likeness (QED) is 0.763. The van der Waals surface area contributed by atoms with Crippen molar-refractivity contribution in [3.8, 4) is 5.75 Å². The van der Waals surface area contributed by atoms with Crippen molar-refractivity contribution in [2.24, 2.45) is 0 Å². The molecule has 1 fully saturated rings. The minimum Gasteiger partial charge on any atom is -0.494 e. The number of ether oxygens (including phenoxy) is 1. The van der Waals surface area contributed by atoms with Crippen molar-refractivity contribution in [2.45, 2.75) is 19.8 Å². The van der Waals surface area contributed by atoms with Gasteiger partial charge in [0.15, 0.2) is 0 Å². The van der Waals surface area contributed by atoms with Gasteiger partial charge in [-0.2, -0.15) is 0 Å². The molecule has 130 valence electrons. The summed E-state index contributed by atoms with van der Waals surface area (Å²) in [6, 6.07) is 6.67. The number of nitrogens with zero attached hydrogens (tertiary/aromatic N) is 1. The molecule has 0 spiro atoms. The molecule has 7 nitrogen and oxygen atoms in total. The third-order valence-corrected chi connectivity index (χ3v) is 3.73. The lowest BCUT2D eigenvalue weighted by molar-refractivity contribution is -0.131. The van der Waals surface area contributed by atoms with E-state index in [0.29, 0.717) is 17.9 Å². The lowest BCUT2D eigenvalue weighted by Crippen LogP contribution is -2.42. The van der Waals surface area contributed by atoms with Crippen LogP contribution >= 0.6 is 0 Å². The smallest absolute Gasteiger partial charge is 0.251 e. The monoisotopic (exact) mass is 333 g/mol. The molecule has 0 bridgehead atoms. The molecule has 1 aromatic carbocycles. The molecule has 1 saturated heterocycles. The van der Waals surface area contributed by atoms with E-state index in [0.717, 1.165) is 25.9 Å². The predicted octanol–water partition coefficient (Wildman–Crippen LogP) is 0.554. The lowest BCUT2D eigenvalue weighted by Gasteiger charge is -2.15. The molecule has 1 aromatic rings. The average molecular weight is 333 g/mol. The molecule has 2 N–H and O–H groups in total. The highest BCUT2D eigenvalue weighted by atomic mass is 16.5. The fourth-order valence-corrected chi connectivity index (χ4v) is 2.45. The Morgan fingerprint density at radius 1 is 1.04 bits per heavy atom. The summed E-state index contributed by atoms with van der Waals surface area (Å²) in [7, 11) is 0. The number of likely N-dealkylation sites (tertiary alicyclic amines) is 1. The van der Waals surface area contributed by atoms with E-state index in [1.165, 1.54) is 0 Å². The van der Waals surface area contributed by atoms with E-state index in [9.17, 15) is 14.4 Å². The molecular weight excluding hydrogens is 310 g/mol. The number of benzene rings is 1. The largest absolute Gasteiger partial charge is 0.494 e. The van der Waals surface area contributed by atoms with Crippen LogP contribution in [0.5, 0.6) is 5.75 Å². The molecule has 0 atom stereocenters. The van der Waals surface area contributed by atoms with Crippen LogP contribution < -0.4 is 15.4 Å². The van der Waals surface area contributed by atoms with Crippen LogP contribution in [0.25, 0.3) is 0 Å². The predicted molar refractivity (Wildman–Crippen MR) is 88.8 cm³/mol. The van der Waals surface area contributed by atoms with Crippen LogP contribution in [0.15, 0.2) is 24.3 Å².